The van der Waals surface area contributed by atoms with E-state index < -0.39 is 0 Å². The Bertz CT molecular complexity index is 609. The Morgan fingerprint density at radius 1 is 1.18 bits per heavy atom. The molecule has 2 rings (SSSR count). The van der Waals surface area contributed by atoms with E-state index >= 15 is 0 Å². The van der Waals surface area contributed by atoms with E-state index in [1.807, 2.05) is 24.7 Å². The van der Waals surface area contributed by atoms with Crippen molar-refractivity contribution in [2.24, 2.45) is 16.7 Å². The van der Waals surface area contributed by atoms with Crippen molar-refractivity contribution in [1.29, 1.82) is 0 Å². The van der Waals surface area contributed by atoms with Gasteiger partial charge in [0.25, 0.3) is 0 Å². The maximum Gasteiger partial charge on any atom is 0.123 e. The monoisotopic (exact) mass is 305 g/mol. The predicted molar refractivity (Wildman–Crippen MR) is 90.8 cm³/mol. The number of hydrazone groups is 1. The highest BCUT2D eigenvalue weighted by atomic mass is 19.1. The van der Waals surface area contributed by atoms with Gasteiger partial charge in [-0.05, 0) is 61.8 Å². The van der Waals surface area contributed by atoms with Crippen LogP contribution in [0.25, 0.3) is 10.8 Å². The normalized spacial score (nSPS) is 11.0. The minimum absolute atomic E-state index is 0.171. The van der Waals surface area contributed by atoms with Crippen LogP contribution in [0.3, 0.4) is 0 Å². The molecule has 0 atom stereocenters. The molecule has 22 heavy (non-hydrogen) atoms. The summed E-state index contributed by atoms with van der Waals surface area (Å²) in [6, 6.07) is 11.1. The van der Waals surface area contributed by atoms with E-state index in [2.05, 4.69) is 22.6 Å². The van der Waals surface area contributed by atoms with Crippen molar-refractivity contribution in [3.8, 4) is 0 Å². The summed E-state index contributed by atoms with van der Waals surface area (Å²) in [6.45, 7) is 2.67. The number of rotatable bonds is 5. The SMILES string of the molecule is C/C(N)=N/NN.CNCCCc1ccc2cc(F)ccc2c1. The van der Waals surface area contributed by atoms with Crippen molar-refractivity contribution >= 4 is 16.6 Å². The molecule has 0 saturated carbocycles. The Kier molecular flexibility index (Phi) is 7.88. The Morgan fingerprint density at radius 2 is 1.86 bits per heavy atom. The molecule has 5 nitrogen and oxygen atoms in total. The van der Waals surface area contributed by atoms with Gasteiger partial charge in [-0.15, -0.1) is 0 Å². The smallest absolute Gasteiger partial charge is 0.123 e. The number of fused-ring (bicyclic) bond motifs is 1. The van der Waals surface area contributed by atoms with Crippen molar-refractivity contribution in [1.82, 2.24) is 10.9 Å². The van der Waals surface area contributed by atoms with Crippen molar-refractivity contribution in [2.75, 3.05) is 13.6 Å². The predicted octanol–water partition coefficient (Wildman–Crippen LogP) is 1.87. The first-order chi connectivity index (χ1) is 10.6. The second-order valence-corrected chi connectivity index (χ2v) is 4.92. The average Bonchev–Trinajstić information content (AvgIpc) is 2.48. The third kappa shape index (κ3) is 6.51. The quantitative estimate of drug-likeness (QED) is 0.223. The molecule has 0 unspecified atom stereocenters. The van der Waals surface area contributed by atoms with Gasteiger partial charge < -0.3 is 11.1 Å². The summed E-state index contributed by atoms with van der Waals surface area (Å²) in [5.74, 6) is 4.97. The van der Waals surface area contributed by atoms with E-state index in [4.69, 9.17) is 11.6 Å². The summed E-state index contributed by atoms with van der Waals surface area (Å²) in [5, 5.41) is 8.56. The molecule has 0 aliphatic rings. The van der Waals surface area contributed by atoms with E-state index in [1.165, 1.54) is 11.6 Å². The van der Waals surface area contributed by atoms with Crippen molar-refractivity contribution in [2.45, 2.75) is 19.8 Å². The standard InChI is InChI=1S/C14H16FN.C2H8N4/c1-16-8-2-3-11-4-5-13-10-14(15)7-6-12(13)9-11;1-2(3)5-6-4/h4-7,9-10,16H,2-3,8H2,1H3;6H,4H2,1H3,(H2,3,5). The Balaban J connectivity index is 0.000000346. The maximum atomic E-state index is 13.0. The molecule has 0 bridgehead atoms. The Morgan fingerprint density at radius 3 is 2.45 bits per heavy atom. The number of nitrogens with zero attached hydrogens (tertiary/aromatic N) is 1. The fourth-order valence-electron chi connectivity index (χ4n) is 1.99. The minimum Gasteiger partial charge on any atom is -0.386 e. The zero-order valence-electron chi connectivity index (χ0n) is 13.1. The second kappa shape index (κ2) is 9.70. The highest BCUT2D eigenvalue weighted by Crippen LogP contribution is 2.18. The van der Waals surface area contributed by atoms with Crippen molar-refractivity contribution < 1.29 is 4.39 Å². The van der Waals surface area contributed by atoms with Crippen molar-refractivity contribution in [3.63, 3.8) is 0 Å². The van der Waals surface area contributed by atoms with Gasteiger partial charge >= 0.3 is 0 Å². The van der Waals surface area contributed by atoms with Gasteiger partial charge in [-0.1, -0.05) is 24.3 Å². The zero-order chi connectivity index (χ0) is 16.4. The molecule has 0 heterocycles. The summed E-state index contributed by atoms with van der Waals surface area (Å²) in [4.78, 5) is 0. The molecule has 120 valence electrons. The summed E-state index contributed by atoms with van der Waals surface area (Å²) >= 11 is 0. The van der Waals surface area contributed by atoms with Gasteiger partial charge in [0.15, 0.2) is 0 Å². The zero-order valence-corrected chi connectivity index (χ0v) is 13.1. The van der Waals surface area contributed by atoms with Crippen LogP contribution in [0, 0.1) is 5.82 Å². The molecular weight excluding hydrogens is 281 g/mol. The third-order valence-corrected chi connectivity index (χ3v) is 3.00. The van der Waals surface area contributed by atoms with Crippen LogP contribution in [0.4, 0.5) is 4.39 Å². The first-order valence-electron chi connectivity index (χ1n) is 7.15. The second-order valence-electron chi connectivity index (χ2n) is 4.92. The largest absolute Gasteiger partial charge is 0.386 e. The number of halogens is 1. The summed E-state index contributed by atoms with van der Waals surface area (Å²) in [5.41, 5.74) is 8.35. The summed E-state index contributed by atoms with van der Waals surface area (Å²) in [7, 11) is 1.96. The first-order valence-corrected chi connectivity index (χ1v) is 7.15. The molecule has 0 aliphatic carbocycles. The van der Waals surface area contributed by atoms with Crippen LogP contribution in [0.15, 0.2) is 41.5 Å². The molecular formula is C16H24FN5. The van der Waals surface area contributed by atoms with Crippen LogP contribution in [0.1, 0.15) is 18.9 Å². The van der Waals surface area contributed by atoms with Gasteiger partial charge in [0, 0.05) is 0 Å². The number of nitrogens with two attached hydrogens (primary N) is 2. The summed E-state index contributed by atoms with van der Waals surface area (Å²) < 4.78 is 13.0. The first kappa shape index (κ1) is 17.9. The third-order valence-electron chi connectivity index (χ3n) is 3.00. The molecule has 0 fully saturated rings. The van der Waals surface area contributed by atoms with Crippen LogP contribution in [0.2, 0.25) is 0 Å². The Labute approximate surface area is 130 Å². The number of aryl methyl sites for hydroxylation is 1. The van der Waals surface area contributed by atoms with Crippen LogP contribution in [-0.2, 0) is 6.42 Å². The molecule has 0 radical (unpaired) electrons. The lowest BCUT2D eigenvalue weighted by molar-refractivity contribution is 0.629. The maximum absolute atomic E-state index is 13.0. The molecule has 2 aromatic carbocycles. The molecule has 0 spiro atoms. The number of hydrogen-bond donors (Lipinski definition) is 4. The lowest BCUT2D eigenvalue weighted by Gasteiger charge is -2.04. The Hall–Kier alpha value is -2.18. The lowest BCUT2D eigenvalue weighted by Crippen LogP contribution is -2.19. The van der Waals surface area contributed by atoms with E-state index in [0.717, 1.165) is 30.2 Å². The van der Waals surface area contributed by atoms with Crippen LogP contribution in [0.5, 0.6) is 0 Å². The van der Waals surface area contributed by atoms with Crippen LogP contribution < -0.4 is 22.4 Å². The fourth-order valence-corrected chi connectivity index (χ4v) is 1.99. The van der Waals surface area contributed by atoms with Gasteiger partial charge in [-0.3, -0.25) is 0 Å². The van der Waals surface area contributed by atoms with Crippen LogP contribution >= 0.6 is 0 Å². The van der Waals surface area contributed by atoms with Gasteiger partial charge in [-0.2, -0.15) is 5.10 Å². The molecule has 0 saturated heterocycles. The molecule has 0 aromatic heterocycles. The highest BCUT2D eigenvalue weighted by molar-refractivity contribution is 5.83. The van der Waals surface area contributed by atoms with E-state index in [9.17, 15) is 4.39 Å². The lowest BCUT2D eigenvalue weighted by atomic mass is 10.0. The van der Waals surface area contributed by atoms with Gasteiger partial charge in [0.2, 0.25) is 0 Å². The molecule has 6 heteroatoms. The van der Waals surface area contributed by atoms with E-state index in [0.29, 0.717) is 5.84 Å². The summed E-state index contributed by atoms with van der Waals surface area (Å²) in [6.07, 6.45) is 2.19. The van der Waals surface area contributed by atoms with Crippen molar-refractivity contribution in [3.05, 3.63) is 47.8 Å². The fraction of sp³-hybridized carbons (Fsp3) is 0.312. The van der Waals surface area contributed by atoms with E-state index in [1.54, 1.807) is 13.0 Å². The minimum atomic E-state index is -0.171. The molecule has 6 N–H and O–H groups in total. The van der Waals surface area contributed by atoms with E-state index in [-0.39, 0.29) is 5.82 Å². The van der Waals surface area contributed by atoms with Gasteiger partial charge in [0.05, 0.1) is 0 Å². The van der Waals surface area contributed by atoms with Crippen LogP contribution in [-0.4, -0.2) is 19.4 Å². The number of hydrazine groups is 1. The average molecular weight is 305 g/mol. The molecule has 0 amide bonds. The molecule has 2 aromatic rings. The topological polar surface area (TPSA) is 88.5 Å². The number of nitrogens with one attached hydrogen (secondary N) is 2. The molecule has 0 aliphatic heterocycles. The van der Waals surface area contributed by atoms with Gasteiger partial charge in [0.1, 0.15) is 11.7 Å². The number of hydrogen-bond acceptors (Lipinski definition) is 4. The number of benzene rings is 2. The highest BCUT2D eigenvalue weighted by Gasteiger charge is 1.98. The van der Waals surface area contributed by atoms with Gasteiger partial charge in [-0.25, -0.2) is 15.8 Å². The number of amidine groups is 1.